The summed E-state index contributed by atoms with van der Waals surface area (Å²) in [6, 6.07) is 15.6. The molecule has 1 saturated carbocycles. The number of nitrogens with two attached hydrogens (primary N) is 1. The third kappa shape index (κ3) is 2.73. The highest BCUT2D eigenvalue weighted by Gasteiger charge is 2.57. The van der Waals surface area contributed by atoms with Gasteiger partial charge in [-0.1, -0.05) is 42.5 Å². The summed E-state index contributed by atoms with van der Waals surface area (Å²) < 4.78 is 5.82. The number of carbonyl (C=O) groups excluding carboxylic acids is 2. The Balaban J connectivity index is 1.25. The van der Waals surface area contributed by atoms with Crippen LogP contribution in [0, 0.1) is 0 Å². The van der Waals surface area contributed by atoms with Gasteiger partial charge >= 0.3 is 5.97 Å². The second kappa shape index (κ2) is 6.40. The third-order valence-corrected chi connectivity index (χ3v) is 7.53. The minimum absolute atomic E-state index is 0.135. The maximum Gasteiger partial charge on any atom is 0.339 e. The molecule has 2 aromatic carbocycles. The number of likely N-dealkylation sites (tertiary alicyclic amines) is 1. The Hall–Kier alpha value is -3.19. The van der Waals surface area contributed by atoms with Gasteiger partial charge < -0.3 is 15.4 Å². The zero-order valence-electron chi connectivity index (χ0n) is 16.8. The van der Waals surface area contributed by atoms with Gasteiger partial charge in [-0.25, -0.2) is 9.78 Å². The fourth-order valence-electron chi connectivity index (χ4n) is 5.04. The van der Waals surface area contributed by atoms with Crippen LogP contribution in [0.1, 0.15) is 40.7 Å². The van der Waals surface area contributed by atoms with Crippen LogP contribution in [-0.4, -0.2) is 34.8 Å². The Morgan fingerprint density at radius 3 is 2.58 bits per heavy atom. The van der Waals surface area contributed by atoms with Crippen molar-refractivity contribution in [1.82, 2.24) is 9.88 Å². The van der Waals surface area contributed by atoms with Crippen LogP contribution in [0.4, 0.5) is 5.13 Å². The van der Waals surface area contributed by atoms with Crippen LogP contribution in [0.5, 0.6) is 0 Å². The van der Waals surface area contributed by atoms with Crippen molar-refractivity contribution in [3.05, 3.63) is 70.6 Å². The largest absolute Gasteiger partial charge is 0.449 e. The lowest BCUT2D eigenvalue weighted by Gasteiger charge is -2.27. The lowest BCUT2D eigenvalue weighted by atomic mass is 9.91. The Morgan fingerprint density at radius 2 is 1.87 bits per heavy atom. The van der Waals surface area contributed by atoms with E-state index in [1.54, 1.807) is 6.07 Å². The molecule has 7 heteroatoms. The Morgan fingerprint density at radius 1 is 1.10 bits per heavy atom. The van der Waals surface area contributed by atoms with E-state index in [1.807, 2.05) is 52.7 Å². The number of benzene rings is 2. The van der Waals surface area contributed by atoms with Crippen molar-refractivity contribution in [2.24, 2.45) is 0 Å². The summed E-state index contributed by atoms with van der Waals surface area (Å²) in [5.74, 6) is -0.153. The highest BCUT2D eigenvalue weighted by Crippen LogP contribution is 2.52. The van der Waals surface area contributed by atoms with Gasteiger partial charge in [0.05, 0.1) is 23.2 Å². The van der Waals surface area contributed by atoms with Crippen LogP contribution < -0.4 is 5.73 Å². The van der Waals surface area contributed by atoms with E-state index < -0.39 is 11.0 Å². The smallest absolute Gasteiger partial charge is 0.339 e. The number of ether oxygens (including phenoxy) is 1. The molecular weight excluding hydrogens is 410 g/mol. The predicted octanol–water partition coefficient (Wildman–Crippen LogP) is 3.72. The van der Waals surface area contributed by atoms with Crippen molar-refractivity contribution >= 4 is 28.3 Å². The molecule has 31 heavy (non-hydrogen) atoms. The van der Waals surface area contributed by atoms with Crippen molar-refractivity contribution in [2.75, 3.05) is 18.8 Å². The van der Waals surface area contributed by atoms with E-state index in [2.05, 4.69) is 4.98 Å². The molecule has 1 aromatic heterocycles. The van der Waals surface area contributed by atoms with E-state index in [9.17, 15) is 9.59 Å². The second-order valence-electron chi connectivity index (χ2n) is 8.64. The fraction of sp³-hybridized carbons (Fsp3) is 0.292. The van der Waals surface area contributed by atoms with Crippen LogP contribution in [0.2, 0.25) is 0 Å². The van der Waals surface area contributed by atoms with Crippen LogP contribution >= 0.6 is 11.3 Å². The standard InChI is InChI=1S/C24H21N3O3S/c25-22-26-19(13-31-22)15-5-7-16(8-6-15)23(9-10-23)21(29)27-12-11-24(14-27)18-4-2-1-3-17(18)20(28)30-24/h1-8,13H,9-12,14H2,(H2,25,26). The number of nitrogen functional groups attached to an aromatic ring is 1. The number of hydrogen-bond donors (Lipinski definition) is 1. The first kappa shape index (κ1) is 18.6. The number of aromatic nitrogens is 1. The highest BCUT2D eigenvalue weighted by molar-refractivity contribution is 7.13. The van der Waals surface area contributed by atoms with Gasteiger partial charge in [-0.2, -0.15) is 0 Å². The number of esters is 1. The minimum Gasteiger partial charge on any atom is -0.449 e. The Labute approximate surface area is 183 Å². The van der Waals surface area contributed by atoms with Crippen molar-refractivity contribution in [3.8, 4) is 11.3 Å². The zero-order valence-corrected chi connectivity index (χ0v) is 17.7. The first-order valence-electron chi connectivity index (χ1n) is 10.4. The molecule has 2 aliphatic heterocycles. The minimum atomic E-state index is -0.701. The molecule has 1 saturated heterocycles. The average molecular weight is 432 g/mol. The second-order valence-corrected chi connectivity index (χ2v) is 9.53. The molecule has 6 rings (SSSR count). The number of thiazole rings is 1. The molecule has 156 valence electrons. The van der Waals surface area contributed by atoms with Crippen molar-refractivity contribution < 1.29 is 14.3 Å². The molecule has 2 N–H and O–H groups in total. The summed E-state index contributed by atoms with van der Waals surface area (Å²) in [6.07, 6.45) is 2.32. The molecular formula is C24H21N3O3S. The topological polar surface area (TPSA) is 85.5 Å². The van der Waals surface area contributed by atoms with Gasteiger partial charge in [0.25, 0.3) is 0 Å². The quantitative estimate of drug-likeness (QED) is 0.639. The monoisotopic (exact) mass is 431 g/mol. The summed E-state index contributed by atoms with van der Waals surface area (Å²) in [5.41, 5.74) is 9.00. The number of anilines is 1. The van der Waals surface area contributed by atoms with Gasteiger partial charge in [0.15, 0.2) is 10.7 Å². The molecule has 2 fully saturated rings. The summed E-state index contributed by atoms with van der Waals surface area (Å²) in [6.45, 7) is 1.02. The summed E-state index contributed by atoms with van der Waals surface area (Å²) in [4.78, 5) is 32.1. The van der Waals surface area contributed by atoms with Gasteiger partial charge in [-0.05, 0) is 24.5 Å². The number of nitrogens with zero attached hydrogens (tertiary/aromatic N) is 2. The van der Waals surface area contributed by atoms with E-state index in [4.69, 9.17) is 10.5 Å². The lowest BCUT2D eigenvalue weighted by molar-refractivity contribution is -0.134. The Bertz CT molecular complexity index is 1210. The summed E-state index contributed by atoms with van der Waals surface area (Å²) in [7, 11) is 0. The molecule has 6 nitrogen and oxygen atoms in total. The van der Waals surface area contributed by atoms with Gasteiger partial charge in [0, 0.05) is 29.5 Å². The maximum atomic E-state index is 13.6. The molecule has 1 aliphatic carbocycles. The molecule has 3 heterocycles. The van der Waals surface area contributed by atoms with E-state index in [1.165, 1.54) is 11.3 Å². The van der Waals surface area contributed by atoms with E-state index in [-0.39, 0.29) is 11.9 Å². The Kier molecular flexibility index (Phi) is 3.84. The SMILES string of the molecule is Nc1nc(-c2ccc(C3(C(=O)N4CCC5(C4)OC(=O)c4ccccc45)CC3)cc2)cs1. The number of hydrogen-bond acceptors (Lipinski definition) is 6. The van der Waals surface area contributed by atoms with Gasteiger partial charge in [-0.15, -0.1) is 11.3 Å². The molecule has 3 aromatic rings. The summed E-state index contributed by atoms with van der Waals surface area (Å²) >= 11 is 1.42. The number of amides is 1. The van der Waals surface area contributed by atoms with E-state index in [0.29, 0.717) is 30.2 Å². The molecule has 1 atom stereocenters. The first-order chi connectivity index (χ1) is 15.0. The zero-order chi connectivity index (χ0) is 21.2. The number of carbonyl (C=O) groups is 2. The average Bonchev–Trinajstić information content (AvgIpc) is 3.17. The van der Waals surface area contributed by atoms with E-state index in [0.717, 1.165) is 35.2 Å². The predicted molar refractivity (Wildman–Crippen MR) is 118 cm³/mol. The molecule has 3 aliphatic rings. The van der Waals surface area contributed by atoms with Crippen molar-refractivity contribution in [1.29, 1.82) is 0 Å². The van der Waals surface area contributed by atoms with Crippen LogP contribution in [-0.2, 0) is 20.5 Å². The summed E-state index contributed by atoms with van der Waals surface area (Å²) in [5, 5.41) is 2.48. The van der Waals surface area contributed by atoms with Gasteiger partial charge in [0.2, 0.25) is 5.91 Å². The van der Waals surface area contributed by atoms with Crippen molar-refractivity contribution in [2.45, 2.75) is 30.3 Å². The molecule has 1 spiro atoms. The normalized spacial score (nSPS) is 23.1. The number of fused-ring (bicyclic) bond motifs is 2. The lowest BCUT2D eigenvalue weighted by Crippen LogP contribution is -2.40. The highest BCUT2D eigenvalue weighted by atomic mass is 32.1. The van der Waals surface area contributed by atoms with Gasteiger partial charge in [-0.3, -0.25) is 4.79 Å². The molecule has 1 amide bonds. The van der Waals surface area contributed by atoms with Crippen LogP contribution in [0.3, 0.4) is 0 Å². The van der Waals surface area contributed by atoms with Gasteiger partial charge in [0.1, 0.15) is 0 Å². The molecule has 0 radical (unpaired) electrons. The molecule has 1 unspecified atom stereocenters. The van der Waals surface area contributed by atoms with Crippen LogP contribution in [0.15, 0.2) is 53.9 Å². The first-order valence-corrected chi connectivity index (χ1v) is 11.3. The maximum absolute atomic E-state index is 13.6. The fourth-order valence-corrected chi connectivity index (χ4v) is 5.61. The third-order valence-electron chi connectivity index (χ3n) is 6.86. The van der Waals surface area contributed by atoms with Crippen molar-refractivity contribution in [3.63, 3.8) is 0 Å². The molecule has 0 bridgehead atoms. The number of rotatable bonds is 3. The van der Waals surface area contributed by atoms with E-state index >= 15 is 0 Å². The van der Waals surface area contributed by atoms with Crippen LogP contribution in [0.25, 0.3) is 11.3 Å².